The van der Waals surface area contributed by atoms with E-state index in [0.29, 0.717) is 27.4 Å². The molecular weight excluding hydrogens is 550 g/mol. The highest BCUT2D eigenvalue weighted by atomic mass is 79.9. The smallest absolute Gasteiger partial charge is 0.343 e. The van der Waals surface area contributed by atoms with Gasteiger partial charge in [-0.25, -0.2) is 10.2 Å². The fraction of sp³-hybridized carbons (Fsp3) is 0. The molecule has 36 heavy (non-hydrogen) atoms. The Morgan fingerprint density at radius 3 is 2.33 bits per heavy atom. The summed E-state index contributed by atoms with van der Waals surface area (Å²) in [6.45, 7) is 0. The molecule has 180 valence electrons. The van der Waals surface area contributed by atoms with Crippen molar-refractivity contribution in [3.63, 3.8) is 0 Å². The van der Waals surface area contributed by atoms with Gasteiger partial charge in [0.1, 0.15) is 5.75 Å². The topological polar surface area (TPSA) is 110 Å². The number of furan rings is 1. The van der Waals surface area contributed by atoms with E-state index in [9.17, 15) is 14.4 Å². The Labute approximate surface area is 219 Å². The summed E-state index contributed by atoms with van der Waals surface area (Å²) in [6.07, 6.45) is 2.73. The number of nitrogens with one attached hydrogen (secondary N) is 2. The van der Waals surface area contributed by atoms with Gasteiger partial charge in [-0.15, -0.1) is 0 Å². The van der Waals surface area contributed by atoms with E-state index in [-0.39, 0.29) is 11.5 Å². The predicted molar refractivity (Wildman–Crippen MR) is 139 cm³/mol. The maximum absolute atomic E-state index is 12.5. The zero-order valence-electron chi connectivity index (χ0n) is 18.4. The molecule has 8 nitrogen and oxygen atoms in total. The summed E-state index contributed by atoms with van der Waals surface area (Å²) in [7, 11) is 0. The number of esters is 1. The lowest BCUT2D eigenvalue weighted by Gasteiger charge is -2.08. The van der Waals surface area contributed by atoms with Crippen LogP contribution < -0.4 is 15.5 Å². The average molecular weight is 567 g/mol. The molecule has 2 N–H and O–H groups in total. The van der Waals surface area contributed by atoms with Crippen LogP contribution in [0.3, 0.4) is 0 Å². The van der Waals surface area contributed by atoms with Gasteiger partial charge in [0, 0.05) is 26.3 Å². The van der Waals surface area contributed by atoms with E-state index in [1.54, 1.807) is 60.7 Å². The molecule has 1 heterocycles. The van der Waals surface area contributed by atoms with E-state index in [1.165, 1.54) is 30.7 Å². The van der Waals surface area contributed by atoms with Crippen LogP contribution in [0, 0.1) is 0 Å². The minimum absolute atomic E-state index is 0.175. The summed E-state index contributed by atoms with van der Waals surface area (Å²) in [6, 6.07) is 20.8. The Morgan fingerprint density at radius 1 is 0.917 bits per heavy atom. The van der Waals surface area contributed by atoms with Crippen LogP contribution in [0.4, 0.5) is 5.69 Å². The zero-order chi connectivity index (χ0) is 25.5. The first-order chi connectivity index (χ1) is 17.4. The number of carbonyl (C=O) groups excluding carboxylic acids is 3. The standard InChI is InChI=1S/C26H17BrClN3O5/c27-19-7-3-17(4-8-19)26(34)36-22-12-9-20(28)14-18(22)15-29-31-24(32)16-5-10-21(11-6-16)30-25(33)23-2-1-13-35-23/h1-15H,(H,30,33)(H,31,32)/b29-15+. The zero-order valence-corrected chi connectivity index (χ0v) is 20.7. The fourth-order valence-corrected chi connectivity index (χ4v) is 3.43. The highest BCUT2D eigenvalue weighted by Crippen LogP contribution is 2.23. The van der Waals surface area contributed by atoms with Gasteiger partial charge in [-0.1, -0.05) is 27.5 Å². The van der Waals surface area contributed by atoms with Crippen molar-refractivity contribution in [2.24, 2.45) is 5.10 Å². The Morgan fingerprint density at radius 2 is 1.64 bits per heavy atom. The molecule has 0 aliphatic rings. The van der Waals surface area contributed by atoms with Crippen molar-refractivity contribution in [1.82, 2.24) is 5.43 Å². The van der Waals surface area contributed by atoms with Crippen molar-refractivity contribution in [2.75, 3.05) is 5.32 Å². The molecular formula is C26H17BrClN3O5. The van der Waals surface area contributed by atoms with Gasteiger partial charge >= 0.3 is 5.97 Å². The molecule has 0 saturated carbocycles. The molecule has 0 aliphatic carbocycles. The largest absolute Gasteiger partial charge is 0.459 e. The van der Waals surface area contributed by atoms with Crippen LogP contribution in [-0.2, 0) is 0 Å². The van der Waals surface area contributed by atoms with Crippen LogP contribution in [0.2, 0.25) is 5.02 Å². The minimum atomic E-state index is -0.553. The number of hydrogen-bond acceptors (Lipinski definition) is 6. The summed E-state index contributed by atoms with van der Waals surface area (Å²) in [4.78, 5) is 37.0. The third kappa shape index (κ3) is 6.47. The maximum Gasteiger partial charge on any atom is 0.343 e. The number of anilines is 1. The third-order valence-electron chi connectivity index (χ3n) is 4.77. The Balaban J connectivity index is 1.39. The third-order valence-corrected chi connectivity index (χ3v) is 5.54. The van der Waals surface area contributed by atoms with Crippen molar-refractivity contribution >= 4 is 57.2 Å². The molecule has 0 saturated heterocycles. The number of ether oxygens (including phenoxy) is 1. The van der Waals surface area contributed by atoms with Gasteiger partial charge in [-0.05, 0) is 78.9 Å². The first-order valence-corrected chi connectivity index (χ1v) is 11.6. The molecule has 0 spiro atoms. The number of nitrogens with zero attached hydrogens (tertiary/aromatic N) is 1. The van der Waals surface area contributed by atoms with Crippen LogP contribution in [0.5, 0.6) is 5.75 Å². The van der Waals surface area contributed by atoms with Gasteiger partial charge in [-0.2, -0.15) is 5.10 Å². The quantitative estimate of drug-likeness (QED) is 0.125. The van der Waals surface area contributed by atoms with Crippen molar-refractivity contribution in [3.05, 3.63) is 117 Å². The number of hydrazone groups is 1. The van der Waals surface area contributed by atoms with E-state index in [1.807, 2.05) is 0 Å². The number of rotatable bonds is 7. The van der Waals surface area contributed by atoms with Gasteiger partial charge in [-0.3, -0.25) is 9.59 Å². The van der Waals surface area contributed by atoms with E-state index < -0.39 is 17.8 Å². The summed E-state index contributed by atoms with van der Waals surface area (Å²) < 4.78 is 11.4. The second kappa shape index (κ2) is 11.5. The Hall–Kier alpha value is -4.21. The lowest BCUT2D eigenvalue weighted by molar-refractivity contribution is 0.0734. The van der Waals surface area contributed by atoms with E-state index in [2.05, 4.69) is 31.8 Å². The second-order valence-electron chi connectivity index (χ2n) is 7.29. The molecule has 10 heteroatoms. The molecule has 0 unspecified atom stereocenters. The van der Waals surface area contributed by atoms with Gasteiger partial charge in [0.05, 0.1) is 18.0 Å². The van der Waals surface area contributed by atoms with Gasteiger partial charge in [0.2, 0.25) is 0 Å². The highest BCUT2D eigenvalue weighted by Gasteiger charge is 2.13. The van der Waals surface area contributed by atoms with Crippen LogP contribution in [-0.4, -0.2) is 24.0 Å². The molecule has 0 fully saturated rings. The van der Waals surface area contributed by atoms with Crippen molar-refractivity contribution in [1.29, 1.82) is 0 Å². The van der Waals surface area contributed by atoms with Crippen LogP contribution >= 0.6 is 27.5 Å². The molecule has 4 aromatic rings. The number of halogens is 2. The predicted octanol–water partition coefficient (Wildman–Crippen LogP) is 5.93. The van der Waals surface area contributed by atoms with Crippen molar-refractivity contribution < 1.29 is 23.5 Å². The van der Waals surface area contributed by atoms with Gasteiger partial charge in [0.15, 0.2) is 5.76 Å². The summed E-state index contributed by atoms with van der Waals surface area (Å²) in [5, 5.41) is 7.02. The molecule has 4 rings (SSSR count). The normalized spacial score (nSPS) is 10.7. The minimum Gasteiger partial charge on any atom is -0.459 e. The lowest BCUT2D eigenvalue weighted by atomic mass is 10.2. The van der Waals surface area contributed by atoms with Gasteiger partial charge < -0.3 is 14.5 Å². The molecule has 0 aliphatic heterocycles. The van der Waals surface area contributed by atoms with E-state index in [4.69, 9.17) is 20.8 Å². The molecule has 3 aromatic carbocycles. The molecule has 2 amide bonds. The molecule has 0 bridgehead atoms. The maximum atomic E-state index is 12.5. The number of benzene rings is 3. The fourth-order valence-electron chi connectivity index (χ4n) is 2.99. The molecule has 0 atom stereocenters. The molecule has 0 radical (unpaired) electrons. The van der Waals surface area contributed by atoms with Crippen molar-refractivity contribution in [3.8, 4) is 5.75 Å². The monoisotopic (exact) mass is 565 g/mol. The number of amides is 2. The second-order valence-corrected chi connectivity index (χ2v) is 8.64. The lowest BCUT2D eigenvalue weighted by Crippen LogP contribution is -2.18. The first-order valence-electron chi connectivity index (χ1n) is 10.4. The van der Waals surface area contributed by atoms with Gasteiger partial charge in [0.25, 0.3) is 11.8 Å². The van der Waals surface area contributed by atoms with Crippen LogP contribution in [0.15, 0.2) is 99.1 Å². The van der Waals surface area contributed by atoms with Crippen LogP contribution in [0.25, 0.3) is 0 Å². The Bertz CT molecular complexity index is 1420. The first kappa shape index (κ1) is 24.9. The summed E-state index contributed by atoms with van der Waals surface area (Å²) in [5.41, 5.74) is 3.98. The highest BCUT2D eigenvalue weighted by molar-refractivity contribution is 9.10. The van der Waals surface area contributed by atoms with Crippen molar-refractivity contribution in [2.45, 2.75) is 0 Å². The average Bonchev–Trinajstić information content (AvgIpc) is 3.42. The van der Waals surface area contributed by atoms with Crippen LogP contribution in [0.1, 0.15) is 36.8 Å². The summed E-state index contributed by atoms with van der Waals surface area (Å²) in [5.74, 6) is -1.04. The van der Waals surface area contributed by atoms with E-state index in [0.717, 1.165) is 4.47 Å². The summed E-state index contributed by atoms with van der Waals surface area (Å²) >= 11 is 9.40. The van der Waals surface area contributed by atoms with E-state index >= 15 is 0 Å². The number of carbonyl (C=O) groups is 3. The molecule has 1 aromatic heterocycles. The number of hydrogen-bond donors (Lipinski definition) is 2. The Kier molecular flexibility index (Phi) is 7.94. The SMILES string of the molecule is O=C(N/N=C/c1cc(Cl)ccc1OC(=O)c1ccc(Br)cc1)c1ccc(NC(=O)c2ccco2)cc1.